The van der Waals surface area contributed by atoms with E-state index in [9.17, 15) is 18.0 Å². The van der Waals surface area contributed by atoms with Crippen LogP contribution in [0.3, 0.4) is 0 Å². The number of benzene rings is 2. The molecule has 2 aromatic heterocycles. The number of rotatable bonds is 10. The molecule has 1 N–H and O–H groups in total. The lowest BCUT2D eigenvalue weighted by Crippen LogP contribution is -2.29. The monoisotopic (exact) mass is 593 g/mol. The molecule has 1 aliphatic heterocycles. The van der Waals surface area contributed by atoms with Crippen LogP contribution in [0.5, 0.6) is 0 Å². The number of carbonyl (C=O) groups excluding carboxylic acids is 1. The molecular weight excluding hydrogens is 559 g/mol. The molecule has 0 spiro atoms. The Balaban J connectivity index is 1.35. The van der Waals surface area contributed by atoms with E-state index in [2.05, 4.69) is 25.1 Å². The van der Waals surface area contributed by atoms with Crippen LogP contribution in [-0.4, -0.2) is 40.4 Å². The fourth-order valence-corrected chi connectivity index (χ4v) is 6.26. The number of carbonyl (C=O) groups is 1. The number of amides is 1. The van der Waals surface area contributed by atoms with Gasteiger partial charge in [-0.15, -0.1) is 11.3 Å². The lowest BCUT2D eigenvalue weighted by molar-refractivity contribution is -0.141. The molecule has 1 amide bonds. The van der Waals surface area contributed by atoms with Crippen molar-refractivity contribution in [3.8, 4) is 10.6 Å². The molecule has 1 saturated heterocycles. The van der Waals surface area contributed by atoms with E-state index in [1.807, 2.05) is 55.5 Å². The van der Waals surface area contributed by atoms with E-state index in [0.29, 0.717) is 18.7 Å². The Morgan fingerprint density at radius 2 is 1.74 bits per heavy atom. The van der Waals surface area contributed by atoms with Crippen LogP contribution in [0, 0.1) is 0 Å². The van der Waals surface area contributed by atoms with Gasteiger partial charge in [0.25, 0.3) is 5.91 Å². The fourth-order valence-electron chi connectivity index (χ4n) is 5.19. The number of halogens is 3. The lowest BCUT2D eigenvalue weighted by Gasteiger charge is -2.29. The Kier molecular flexibility index (Phi) is 9.54. The first-order chi connectivity index (χ1) is 20.3. The quantitative estimate of drug-likeness (QED) is 0.211. The first-order valence-electron chi connectivity index (χ1n) is 14.2. The number of nitrogens with zero attached hydrogens (tertiary/aromatic N) is 4. The summed E-state index contributed by atoms with van der Waals surface area (Å²) in [6.45, 7) is 6.07. The van der Waals surface area contributed by atoms with Crippen LogP contribution in [0.15, 0.2) is 73.1 Å². The standard InChI is InChI=1S/C32H34F3N5OS/c1-2-39(21-23-13-15-36-16-14-23)22-25-10-4-5-12-27(25)31-38-29(32(33,34)35)28(42-31)30(41)37-20-24-9-8-11-26(19-24)40-17-6-3-7-18-40/h4-5,8-16,19H,2-3,6-7,17-18,20-22H2,1H3,(H,37,41). The lowest BCUT2D eigenvalue weighted by atomic mass is 10.1. The van der Waals surface area contributed by atoms with Gasteiger partial charge in [0.15, 0.2) is 5.69 Å². The fraction of sp³-hybridized carbons (Fsp3) is 0.344. The summed E-state index contributed by atoms with van der Waals surface area (Å²) in [6.07, 6.45) is 2.21. The van der Waals surface area contributed by atoms with E-state index in [1.54, 1.807) is 24.5 Å². The highest BCUT2D eigenvalue weighted by Crippen LogP contribution is 2.39. The van der Waals surface area contributed by atoms with Crippen molar-refractivity contribution in [1.82, 2.24) is 20.2 Å². The average Bonchev–Trinajstić information content (AvgIpc) is 3.47. The molecule has 3 heterocycles. The minimum absolute atomic E-state index is 0.127. The van der Waals surface area contributed by atoms with Crippen LogP contribution in [-0.2, 0) is 25.8 Å². The van der Waals surface area contributed by atoms with Crippen molar-refractivity contribution in [3.63, 3.8) is 0 Å². The molecule has 4 aromatic rings. The number of pyridine rings is 1. The maximum absolute atomic E-state index is 14.1. The van der Waals surface area contributed by atoms with Gasteiger partial charge in [-0.05, 0) is 66.8 Å². The third-order valence-corrected chi connectivity index (χ3v) is 8.52. The van der Waals surface area contributed by atoms with Crippen molar-refractivity contribution in [3.05, 3.63) is 100 Å². The Labute approximate surface area is 248 Å². The van der Waals surface area contributed by atoms with Gasteiger partial charge in [-0.25, -0.2) is 4.98 Å². The zero-order chi connectivity index (χ0) is 29.5. The second kappa shape index (κ2) is 13.5. The first kappa shape index (κ1) is 29.7. The van der Waals surface area contributed by atoms with E-state index in [0.717, 1.165) is 66.2 Å². The molecule has 0 radical (unpaired) electrons. The molecule has 0 aliphatic carbocycles. The molecule has 220 valence electrons. The third kappa shape index (κ3) is 7.35. The second-order valence-electron chi connectivity index (χ2n) is 10.4. The molecule has 1 aliphatic rings. The van der Waals surface area contributed by atoms with E-state index in [-0.39, 0.29) is 11.6 Å². The molecule has 10 heteroatoms. The average molecular weight is 594 g/mol. The van der Waals surface area contributed by atoms with E-state index < -0.39 is 22.7 Å². The van der Waals surface area contributed by atoms with Crippen molar-refractivity contribution in [2.45, 2.75) is 52.0 Å². The van der Waals surface area contributed by atoms with Crippen LogP contribution in [0.2, 0.25) is 0 Å². The summed E-state index contributed by atoms with van der Waals surface area (Å²) in [4.78, 5) is 25.3. The summed E-state index contributed by atoms with van der Waals surface area (Å²) in [5, 5.41) is 2.88. The minimum atomic E-state index is -4.76. The molecule has 0 atom stereocenters. The largest absolute Gasteiger partial charge is 0.435 e. The van der Waals surface area contributed by atoms with Gasteiger partial charge in [0.2, 0.25) is 0 Å². The number of hydrogen-bond acceptors (Lipinski definition) is 6. The summed E-state index contributed by atoms with van der Waals surface area (Å²) in [5.41, 5.74) is 3.29. The normalized spacial score (nSPS) is 13.9. The molecule has 0 unspecified atom stereocenters. The highest BCUT2D eigenvalue weighted by atomic mass is 32.1. The zero-order valence-electron chi connectivity index (χ0n) is 23.5. The maximum Gasteiger partial charge on any atom is 0.435 e. The molecule has 0 bridgehead atoms. The van der Waals surface area contributed by atoms with E-state index in [1.165, 1.54) is 6.42 Å². The van der Waals surface area contributed by atoms with Crippen molar-refractivity contribution in [1.29, 1.82) is 0 Å². The minimum Gasteiger partial charge on any atom is -0.372 e. The number of hydrogen-bond donors (Lipinski definition) is 1. The van der Waals surface area contributed by atoms with Crippen LogP contribution in [0.1, 0.15) is 58.2 Å². The summed E-state index contributed by atoms with van der Waals surface area (Å²) in [5.74, 6) is -0.778. The predicted molar refractivity (Wildman–Crippen MR) is 160 cm³/mol. The Hall–Kier alpha value is -3.76. The Bertz CT molecular complexity index is 1490. The zero-order valence-corrected chi connectivity index (χ0v) is 24.3. The van der Waals surface area contributed by atoms with Crippen molar-refractivity contribution in [2.75, 3.05) is 24.5 Å². The van der Waals surface area contributed by atoms with E-state index in [4.69, 9.17) is 0 Å². The molecule has 6 nitrogen and oxygen atoms in total. The summed E-state index contributed by atoms with van der Waals surface area (Å²) >= 11 is 0.783. The maximum atomic E-state index is 14.1. The number of thiazole rings is 1. The van der Waals surface area contributed by atoms with Crippen LogP contribution < -0.4 is 10.2 Å². The molecule has 5 rings (SSSR count). The highest BCUT2D eigenvalue weighted by molar-refractivity contribution is 7.17. The summed E-state index contributed by atoms with van der Waals surface area (Å²) in [6, 6.07) is 19.0. The van der Waals surface area contributed by atoms with Gasteiger partial charge >= 0.3 is 6.18 Å². The number of piperidine rings is 1. The van der Waals surface area contributed by atoms with Gasteiger partial charge in [-0.1, -0.05) is 43.3 Å². The molecular formula is C32H34F3N5OS. The Morgan fingerprint density at radius 3 is 2.48 bits per heavy atom. The van der Waals surface area contributed by atoms with Crippen molar-refractivity contribution >= 4 is 22.9 Å². The van der Waals surface area contributed by atoms with Crippen LogP contribution in [0.25, 0.3) is 10.6 Å². The Morgan fingerprint density at radius 1 is 0.976 bits per heavy atom. The van der Waals surface area contributed by atoms with Gasteiger partial charge in [-0.3, -0.25) is 14.7 Å². The molecule has 42 heavy (non-hydrogen) atoms. The van der Waals surface area contributed by atoms with Gasteiger partial charge in [0.1, 0.15) is 9.88 Å². The topological polar surface area (TPSA) is 61.4 Å². The SMILES string of the molecule is CCN(Cc1ccncc1)Cc1ccccc1-c1nc(C(F)(F)F)c(C(=O)NCc2cccc(N3CCCCC3)c2)s1. The molecule has 0 saturated carbocycles. The number of alkyl halides is 3. The predicted octanol–water partition coefficient (Wildman–Crippen LogP) is 7.17. The highest BCUT2D eigenvalue weighted by Gasteiger charge is 2.40. The smallest absolute Gasteiger partial charge is 0.372 e. The molecule has 2 aromatic carbocycles. The number of aromatic nitrogens is 2. The van der Waals surface area contributed by atoms with Gasteiger partial charge in [-0.2, -0.15) is 13.2 Å². The van der Waals surface area contributed by atoms with Gasteiger partial charge in [0.05, 0.1) is 0 Å². The third-order valence-electron chi connectivity index (χ3n) is 7.43. The molecule has 1 fully saturated rings. The number of nitrogens with one attached hydrogen (secondary N) is 1. The van der Waals surface area contributed by atoms with Gasteiger partial charge < -0.3 is 10.2 Å². The first-order valence-corrected chi connectivity index (χ1v) is 15.0. The summed E-state index contributed by atoms with van der Waals surface area (Å²) < 4.78 is 42.3. The van der Waals surface area contributed by atoms with Crippen molar-refractivity contribution in [2.24, 2.45) is 0 Å². The van der Waals surface area contributed by atoms with E-state index >= 15 is 0 Å². The second-order valence-corrected chi connectivity index (χ2v) is 11.4. The van der Waals surface area contributed by atoms with Crippen LogP contribution >= 0.6 is 11.3 Å². The van der Waals surface area contributed by atoms with Crippen LogP contribution in [0.4, 0.5) is 18.9 Å². The number of anilines is 1. The summed E-state index contributed by atoms with van der Waals surface area (Å²) in [7, 11) is 0. The van der Waals surface area contributed by atoms with Crippen molar-refractivity contribution < 1.29 is 18.0 Å². The van der Waals surface area contributed by atoms with Gasteiger partial charge in [0, 0.05) is 56.4 Å².